The summed E-state index contributed by atoms with van der Waals surface area (Å²) in [5.41, 5.74) is 1.68. The van der Waals surface area contributed by atoms with Gasteiger partial charge in [-0.3, -0.25) is 9.78 Å². The first-order chi connectivity index (χ1) is 14.6. The van der Waals surface area contributed by atoms with Gasteiger partial charge in [0.15, 0.2) is 0 Å². The fourth-order valence-electron chi connectivity index (χ4n) is 3.57. The number of amides is 1. The molecule has 2 aromatic rings. The first kappa shape index (κ1) is 23.2. The normalized spacial score (nSPS) is 21.8. The largest absolute Gasteiger partial charge is 0.487 e. The quantitative estimate of drug-likeness (QED) is 0.753. The number of likely N-dealkylation sites (N-methyl/N-ethyl adjacent to an activating group) is 1. The molecule has 9 heteroatoms. The monoisotopic (exact) mass is 447 g/mol. The van der Waals surface area contributed by atoms with Gasteiger partial charge in [-0.2, -0.15) is 4.31 Å². The number of benzene rings is 1. The van der Waals surface area contributed by atoms with Crippen LogP contribution in [0.1, 0.15) is 20.8 Å². The number of carbonyl (C=O) groups excluding carboxylic acids is 1. The number of ether oxygens (including phenoxy) is 1. The number of carbonyl (C=O) groups is 1. The minimum atomic E-state index is -3.90. The molecule has 1 amide bonds. The van der Waals surface area contributed by atoms with Crippen molar-refractivity contribution in [1.82, 2.24) is 14.2 Å². The molecule has 8 nitrogen and oxygen atoms in total. The maximum Gasteiger partial charge on any atom is 0.247 e. The fourth-order valence-corrected chi connectivity index (χ4v) is 5.39. The van der Waals surface area contributed by atoms with Crippen LogP contribution in [0.3, 0.4) is 0 Å². The van der Waals surface area contributed by atoms with E-state index >= 15 is 0 Å². The van der Waals surface area contributed by atoms with Gasteiger partial charge in [-0.25, -0.2) is 8.42 Å². The molecule has 0 spiro atoms. The minimum Gasteiger partial charge on any atom is -0.487 e. The molecule has 0 saturated carbocycles. The lowest BCUT2D eigenvalue weighted by atomic mass is 10.0. The highest BCUT2D eigenvalue weighted by Gasteiger charge is 2.38. The van der Waals surface area contributed by atoms with E-state index in [9.17, 15) is 18.3 Å². The van der Waals surface area contributed by atoms with Crippen molar-refractivity contribution >= 4 is 15.9 Å². The predicted octanol–water partition coefficient (Wildman–Crippen LogP) is 2.00. The van der Waals surface area contributed by atoms with Gasteiger partial charge >= 0.3 is 0 Å². The summed E-state index contributed by atoms with van der Waals surface area (Å²) in [7, 11) is -2.21. The zero-order valence-corrected chi connectivity index (χ0v) is 19.0. The molecule has 2 heterocycles. The Hall–Kier alpha value is -2.49. The number of rotatable bonds is 5. The topological polar surface area (TPSA) is 100 Å². The van der Waals surface area contributed by atoms with E-state index in [1.54, 1.807) is 49.5 Å². The average Bonchev–Trinajstić information content (AvgIpc) is 2.75. The summed E-state index contributed by atoms with van der Waals surface area (Å²) >= 11 is 0. The Bertz CT molecular complexity index is 1030. The van der Waals surface area contributed by atoms with Crippen LogP contribution in [0, 0.1) is 5.92 Å². The van der Waals surface area contributed by atoms with Crippen LogP contribution in [0.25, 0.3) is 11.1 Å². The van der Waals surface area contributed by atoms with E-state index in [1.165, 1.54) is 11.2 Å². The van der Waals surface area contributed by atoms with Gasteiger partial charge in [-0.05, 0) is 42.3 Å². The Labute approximate surface area is 183 Å². The van der Waals surface area contributed by atoms with Gasteiger partial charge in [0.05, 0.1) is 13.2 Å². The molecule has 0 saturated heterocycles. The number of nitrogens with zero attached hydrogens (tertiary/aromatic N) is 3. The Morgan fingerprint density at radius 2 is 1.97 bits per heavy atom. The van der Waals surface area contributed by atoms with Crippen molar-refractivity contribution in [2.75, 3.05) is 26.7 Å². The number of hydrogen-bond donors (Lipinski definition) is 1. The summed E-state index contributed by atoms with van der Waals surface area (Å²) in [5, 5.41) is 9.70. The van der Waals surface area contributed by atoms with Crippen LogP contribution in [0.15, 0.2) is 47.6 Å². The van der Waals surface area contributed by atoms with E-state index in [0.29, 0.717) is 6.54 Å². The first-order valence-corrected chi connectivity index (χ1v) is 11.6. The molecule has 3 rings (SSSR count). The summed E-state index contributed by atoms with van der Waals surface area (Å²) in [6, 6.07) is 8.07. The molecule has 1 aromatic heterocycles. The lowest BCUT2D eigenvalue weighted by Gasteiger charge is -2.37. The molecule has 31 heavy (non-hydrogen) atoms. The lowest BCUT2D eigenvalue weighted by molar-refractivity contribution is -0.129. The summed E-state index contributed by atoms with van der Waals surface area (Å²) in [6.07, 6.45) is 2.91. The Morgan fingerprint density at radius 3 is 2.58 bits per heavy atom. The summed E-state index contributed by atoms with van der Waals surface area (Å²) in [6.45, 7) is 5.24. The molecule has 0 radical (unpaired) electrons. The van der Waals surface area contributed by atoms with Crippen molar-refractivity contribution in [3.63, 3.8) is 0 Å². The number of pyridine rings is 1. The fraction of sp³-hybridized carbons (Fsp3) is 0.455. The van der Waals surface area contributed by atoms with Crippen molar-refractivity contribution in [3.8, 4) is 16.9 Å². The molecular formula is C22H29N3O5S. The zero-order valence-electron chi connectivity index (χ0n) is 18.2. The number of aromatic nitrogens is 1. The van der Waals surface area contributed by atoms with Crippen molar-refractivity contribution in [2.24, 2.45) is 5.92 Å². The molecule has 1 N–H and O–H groups in total. The third kappa shape index (κ3) is 4.89. The van der Waals surface area contributed by atoms with Crippen molar-refractivity contribution in [3.05, 3.63) is 42.7 Å². The van der Waals surface area contributed by atoms with Crippen LogP contribution in [0.5, 0.6) is 5.75 Å². The highest BCUT2D eigenvalue weighted by molar-refractivity contribution is 7.89. The van der Waals surface area contributed by atoms with E-state index < -0.39 is 22.2 Å². The number of aliphatic hydroxyl groups is 1. The van der Waals surface area contributed by atoms with Crippen LogP contribution in [0.4, 0.5) is 0 Å². The van der Waals surface area contributed by atoms with Gasteiger partial charge < -0.3 is 14.7 Å². The number of sulfonamides is 1. The zero-order chi connectivity index (χ0) is 22.8. The van der Waals surface area contributed by atoms with Gasteiger partial charge in [0.25, 0.3) is 0 Å². The van der Waals surface area contributed by atoms with E-state index in [1.807, 2.05) is 19.1 Å². The summed E-state index contributed by atoms with van der Waals surface area (Å²) in [4.78, 5) is 17.4. The number of aliphatic hydroxyl groups excluding tert-OH is 1. The van der Waals surface area contributed by atoms with Crippen molar-refractivity contribution in [2.45, 2.75) is 37.8 Å². The van der Waals surface area contributed by atoms with Gasteiger partial charge in [0, 0.05) is 44.9 Å². The molecule has 168 valence electrons. The molecule has 1 aliphatic heterocycles. The standard InChI is InChI=1S/C22H29N3O5S/c1-15-12-25(16(2)14-26)31(28,29)22-6-5-19(18-7-9-23-10-8-18)11-20(22)30-21(15)13-24(4)17(3)27/h5-11,15-16,21,26H,12-14H2,1-4H3/t15-,16+,21+/m0/s1. The lowest BCUT2D eigenvalue weighted by Crippen LogP contribution is -2.50. The van der Waals surface area contributed by atoms with E-state index in [2.05, 4.69) is 4.98 Å². The Balaban J connectivity index is 2.13. The van der Waals surface area contributed by atoms with Gasteiger partial charge in [-0.15, -0.1) is 0 Å². The van der Waals surface area contributed by atoms with Crippen LogP contribution in [-0.2, 0) is 14.8 Å². The van der Waals surface area contributed by atoms with Crippen LogP contribution < -0.4 is 4.74 Å². The highest BCUT2D eigenvalue weighted by Crippen LogP contribution is 2.36. The minimum absolute atomic E-state index is 0.0491. The summed E-state index contributed by atoms with van der Waals surface area (Å²) < 4.78 is 34.5. The molecule has 0 fully saturated rings. The molecule has 0 aliphatic carbocycles. The second-order valence-electron chi connectivity index (χ2n) is 8.04. The smallest absolute Gasteiger partial charge is 0.247 e. The van der Waals surface area contributed by atoms with Crippen LogP contribution >= 0.6 is 0 Å². The van der Waals surface area contributed by atoms with Gasteiger partial charge in [0.2, 0.25) is 15.9 Å². The second-order valence-corrected chi connectivity index (χ2v) is 9.90. The summed E-state index contributed by atoms with van der Waals surface area (Å²) in [5.74, 6) is -0.0851. The van der Waals surface area contributed by atoms with E-state index in [0.717, 1.165) is 11.1 Å². The van der Waals surface area contributed by atoms with Gasteiger partial charge in [-0.1, -0.05) is 13.0 Å². The third-order valence-corrected chi connectivity index (χ3v) is 7.69. The maximum atomic E-state index is 13.5. The molecular weight excluding hydrogens is 418 g/mol. The SMILES string of the molecule is CC(=O)N(C)C[C@H]1Oc2cc(-c3ccncc3)ccc2S(=O)(=O)N([C@H](C)CO)C[C@@H]1C. The first-order valence-electron chi connectivity index (χ1n) is 10.2. The number of hydrogen-bond acceptors (Lipinski definition) is 6. The molecule has 0 unspecified atom stereocenters. The van der Waals surface area contributed by atoms with E-state index in [-0.39, 0.29) is 35.6 Å². The maximum absolute atomic E-state index is 13.5. The van der Waals surface area contributed by atoms with Crippen molar-refractivity contribution in [1.29, 1.82) is 0 Å². The van der Waals surface area contributed by atoms with Crippen LogP contribution in [-0.4, -0.2) is 72.5 Å². The Morgan fingerprint density at radius 1 is 1.29 bits per heavy atom. The number of fused-ring (bicyclic) bond motifs is 1. The molecule has 3 atom stereocenters. The predicted molar refractivity (Wildman–Crippen MR) is 117 cm³/mol. The average molecular weight is 448 g/mol. The molecule has 1 aromatic carbocycles. The van der Waals surface area contributed by atoms with E-state index in [4.69, 9.17) is 4.74 Å². The second kappa shape index (κ2) is 9.33. The molecule has 1 aliphatic rings. The van der Waals surface area contributed by atoms with Gasteiger partial charge in [0.1, 0.15) is 16.7 Å². The third-order valence-electron chi connectivity index (χ3n) is 5.67. The molecule has 0 bridgehead atoms. The van der Waals surface area contributed by atoms with Crippen LogP contribution in [0.2, 0.25) is 0 Å². The Kier molecular flexibility index (Phi) is 6.98. The highest BCUT2D eigenvalue weighted by atomic mass is 32.2. The van der Waals surface area contributed by atoms with Crippen molar-refractivity contribution < 1.29 is 23.1 Å².